The number of hydrogen-bond acceptors (Lipinski definition) is 3. The van der Waals surface area contributed by atoms with E-state index in [0.717, 1.165) is 44.7 Å². The largest absolute Gasteiger partial charge is 0.490 e. The number of ether oxygens (including phenoxy) is 1. The number of aryl methyl sites for hydroxylation is 1. The molecule has 0 radical (unpaired) electrons. The maximum atomic E-state index is 13.5. The van der Waals surface area contributed by atoms with Crippen LogP contribution >= 0.6 is 11.3 Å². The minimum absolute atomic E-state index is 0.0509. The number of hydrogen-bond donors (Lipinski definition) is 1. The Morgan fingerprint density at radius 2 is 2.13 bits per heavy atom. The van der Waals surface area contributed by atoms with E-state index in [1.807, 2.05) is 0 Å². The first-order chi connectivity index (χ1) is 11.2. The van der Waals surface area contributed by atoms with Gasteiger partial charge in [0.05, 0.1) is 12.7 Å². The van der Waals surface area contributed by atoms with E-state index >= 15 is 0 Å². The molecule has 1 atom stereocenters. The molecular formula is C19H17FO2S. The fourth-order valence-corrected chi connectivity index (χ4v) is 4.32. The first kappa shape index (κ1) is 14.7. The summed E-state index contributed by atoms with van der Waals surface area (Å²) in [6.45, 7) is 2.03. The Hall–Kier alpha value is -1.91. The predicted molar refractivity (Wildman–Crippen MR) is 91.6 cm³/mol. The molecule has 1 unspecified atom stereocenters. The van der Waals surface area contributed by atoms with Crippen molar-refractivity contribution in [1.29, 1.82) is 0 Å². The second-order valence-electron chi connectivity index (χ2n) is 5.99. The van der Waals surface area contributed by atoms with Gasteiger partial charge in [-0.05, 0) is 55.2 Å². The van der Waals surface area contributed by atoms with Crippen LogP contribution in [0.15, 0.2) is 36.4 Å². The van der Waals surface area contributed by atoms with Crippen LogP contribution in [0.5, 0.6) is 5.75 Å². The van der Waals surface area contributed by atoms with Gasteiger partial charge in [-0.2, -0.15) is 0 Å². The first-order valence-corrected chi connectivity index (χ1v) is 8.59. The van der Waals surface area contributed by atoms with Gasteiger partial charge < -0.3 is 9.84 Å². The molecule has 4 rings (SSSR count). The number of benzene rings is 2. The van der Waals surface area contributed by atoms with E-state index in [9.17, 15) is 9.50 Å². The van der Waals surface area contributed by atoms with Crippen molar-refractivity contribution in [2.24, 2.45) is 0 Å². The minimum Gasteiger partial charge on any atom is -0.490 e. The molecule has 4 heteroatoms. The molecule has 2 heterocycles. The van der Waals surface area contributed by atoms with Crippen LogP contribution in [-0.4, -0.2) is 11.2 Å². The van der Waals surface area contributed by atoms with Crippen LogP contribution in [-0.2, 0) is 13.0 Å². The Labute approximate surface area is 138 Å². The molecule has 0 aliphatic carbocycles. The second kappa shape index (κ2) is 5.62. The maximum absolute atomic E-state index is 13.5. The third-order valence-electron chi connectivity index (χ3n) is 4.37. The highest BCUT2D eigenvalue weighted by Crippen LogP contribution is 2.41. The molecule has 0 saturated heterocycles. The Bertz CT molecular complexity index is 884. The van der Waals surface area contributed by atoms with Crippen molar-refractivity contribution in [2.45, 2.75) is 32.5 Å². The van der Waals surface area contributed by atoms with Gasteiger partial charge in [-0.15, -0.1) is 11.3 Å². The Kier molecular flexibility index (Phi) is 3.58. The average Bonchev–Trinajstić information content (AvgIpc) is 2.91. The van der Waals surface area contributed by atoms with Gasteiger partial charge in [0.15, 0.2) is 0 Å². The van der Waals surface area contributed by atoms with Gasteiger partial charge in [0.2, 0.25) is 0 Å². The average molecular weight is 328 g/mol. The SMILES string of the molecule is CC1CCc2ccc(-c3c(CO)sc4cc(F)ccc34)cc2O1. The van der Waals surface area contributed by atoms with Crippen molar-refractivity contribution in [2.75, 3.05) is 0 Å². The standard InChI is InChI=1S/C19H17FO2S/c1-11-2-3-12-4-5-13(8-16(12)22-11)19-15-7-6-14(20)9-17(15)23-18(19)10-21/h4-9,11,21H,2-3,10H2,1H3. The van der Waals surface area contributed by atoms with Crippen molar-refractivity contribution in [3.8, 4) is 16.9 Å². The third kappa shape index (κ3) is 2.52. The van der Waals surface area contributed by atoms with E-state index in [0.29, 0.717) is 0 Å². The lowest BCUT2D eigenvalue weighted by molar-refractivity contribution is 0.192. The van der Waals surface area contributed by atoms with Crippen molar-refractivity contribution in [3.63, 3.8) is 0 Å². The van der Waals surface area contributed by atoms with Crippen LogP contribution < -0.4 is 4.74 Å². The van der Waals surface area contributed by atoms with E-state index in [4.69, 9.17) is 4.74 Å². The van der Waals surface area contributed by atoms with Gasteiger partial charge in [-0.1, -0.05) is 12.1 Å². The molecule has 0 bridgehead atoms. The maximum Gasteiger partial charge on any atom is 0.124 e. The van der Waals surface area contributed by atoms with Crippen LogP contribution in [0.2, 0.25) is 0 Å². The molecule has 2 aromatic carbocycles. The smallest absolute Gasteiger partial charge is 0.124 e. The molecule has 1 aromatic heterocycles. The van der Waals surface area contributed by atoms with E-state index in [-0.39, 0.29) is 18.5 Å². The Balaban J connectivity index is 1.90. The summed E-state index contributed by atoms with van der Waals surface area (Å²) in [5.74, 6) is 0.670. The summed E-state index contributed by atoms with van der Waals surface area (Å²) in [7, 11) is 0. The molecule has 2 nitrogen and oxygen atoms in total. The molecular weight excluding hydrogens is 311 g/mol. The minimum atomic E-state index is -0.252. The van der Waals surface area contributed by atoms with Gasteiger partial charge >= 0.3 is 0 Å². The monoisotopic (exact) mass is 328 g/mol. The van der Waals surface area contributed by atoms with E-state index in [1.165, 1.54) is 29.0 Å². The van der Waals surface area contributed by atoms with Gasteiger partial charge in [0.25, 0.3) is 0 Å². The number of halogens is 1. The van der Waals surface area contributed by atoms with Gasteiger partial charge in [0, 0.05) is 20.5 Å². The predicted octanol–water partition coefficient (Wildman–Crippen LogP) is 4.91. The van der Waals surface area contributed by atoms with Gasteiger partial charge in [-0.25, -0.2) is 4.39 Å². The molecule has 1 N–H and O–H groups in total. The second-order valence-corrected chi connectivity index (χ2v) is 7.13. The Morgan fingerprint density at radius 3 is 2.96 bits per heavy atom. The number of thiophene rings is 1. The van der Waals surface area contributed by atoms with Crippen LogP contribution in [0.4, 0.5) is 4.39 Å². The summed E-state index contributed by atoms with van der Waals surface area (Å²) in [5, 5.41) is 10.7. The van der Waals surface area contributed by atoms with Crippen LogP contribution in [0.1, 0.15) is 23.8 Å². The highest BCUT2D eigenvalue weighted by atomic mass is 32.1. The zero-order chi connectivity index (χ0) is 16.0. The van der Waals surface area contributed by atoms with E-state index in [2.05, 4.69) is 25.1 Å². The molecule has 0 saturated carbocycles. The Morgan fingerprint density at radius 1 is 1.26 bits per heavy atom. The summed E-state index contributed by atoms with van der Waals surface area (Å²) >= 11 is 1.44. The van der Waals surface area contributed by atoms with Gasteiger partial charge in [0.1, 0.15) is 11.6 Å². The normalized spacial score (nSPS) is 17.1. The van der Waals surface area contributed by atoms with Crippen LogP contribution in [0.25, 0.3) is 21.2 Å². The fourth-order valence-electron chi connectivity index (χ4n) is 3.21. The summed E-state index contributed by atoms with van der Waals surface area (Å²) < 4.78 is 20.3. The number of rotatable bonds is 2. The summed E-state index contributed by atoms with van der Waals surface area (Å²) in [6, 6.07) is 11.0. The van der Waals surface area contributed by atoms with Crippen molar-refractivity contribution >= 4 is 21.4 Å². The highest BCUT2D eigenvalue weighted by Gasteiger charge is 2.19. The topological polar surface area (TPSA) is 29.5 Å². The fraction of sp³-hybridized carbons (Fsp3) is 0.263. The quantitative estimate of drug-likeness (QED) is 0.724. The van der Waals surface area contributed by atoms with E-state index < -0.39 is 0 Å². The highest BCUT2D eigenvalue weighted by molar-refractivity contribution is 7.19. The lowest BCUT2D eigenvalue weighted by Gasteiger charge is -2.23. The summed E-state index contributed by atoms with van der Waals surface area (Å²) in [6.07, 6.45) is 2.29. The van der Waals surface area contributed by atoms with Gasteiger partial charge in [-0.3, -0.25) is 0 Å². The lowest BCUT2D eigenvalue weighted by Crippen LogP contribution is -2.18. The van der Waals surface area contributed by atoms with Crippen molar-refractivity contribution in [3.05, 3.63) is 52.7 Å². The van der Waals surface area contributed by atoms with Crippen LogP contribution in [0.3, 0.4) is 0 Å². The molecule has 1 aliphatic rings. The van der Waals surface area contributed by atoms with E-state index in [1.54, 1.807) is 6.07 Å². The molecule has 0 fully saturated rings. The number of aliphatic hydroxyl groups is 1. The molecule has 3 aromatic rings. The summed E-state index contributed by atoms with van der Waals surface area (Å²) in [4.78, 5) is 0.856. The van der Waals surface area contributed by atoms with Crippen molar-refractivity contribution in [1.82, 2.24) is 0 Å². The molecule has 23 heavy (non-hydrogen) atoms. The zero-order valence-corrected chi connectivity index (χ0v) is 13.6. The third-order valence-corrected chi connectivity index (χ3v) is 5.51. The summed E-state index contributed by atoms with van der Waals surface area (Å²) in [5.41, 5.74) is 3.22. The number of aliphatic hydroxyl groups excluding tert-OH is 1. The zero-order valence-electron chi connectivity index (χ0n) is 12.8. The molecule has 0 amide bonds. The van der Waals surface area contributed by atoms with Crippen molar-refractivity contribution < 1.29 is 14.2 Å². The molecule has 1 aliphatic heterocycles. The van der Waals surface area contributed by atoms with Crippen LogP contribution in [0, 0.1) is 5.82 Å². The number of fused-ring (bicyclic) bond motifs is 2. The first-order valence-electron chi connectivity index (χ1n) is 7.77. The molecule has 0 spiro atoms. The molecule has 118 valence electrons. The lowest BCUT2D eigenvalue weighted by atomic mass is 9.96.